The van der Waals surface area contributed by atoms with Gasteiger partial charge in [-0.15, -0.1) is 5.10 Å². The Kier molecular flexibility index (Phi) is 5.59. The minimum absolute atomic E-state index is 0.291. The summed E-state index contributed by atoms with van der Waals surface area (Å²) in [5.74, 6) is 0.401. The van der Waals surface area contributed by atoms with E-state index in [2.05, 4.69) is 22.0 Å². The molecule has 7 heteroatoms. The van der Waals surface area contributed by atoms with Crippen LogP contribution in [0.3, 0.4) is 0 Å². The van der Waals surface area contributed by atoms with Crippen molar-refractivity contribution in [2.75, 3.05) is 7.05 Å². The Hall–Kier alpha value is -3.16. The molecule has 2 aromatic carbocycles. The van der Waals surface area contributed by atoms with E-state index in [1.165, 1.54) is 17.7 Å². The Bertz CT molecular complexity index is 1140. The van der Waals surface area contributed by atoms with Crippen LogP contribution in [-0.2, 0) is 13.2 Å². The van der Waals surface area contributed by atoms with Gasteiger partial charge in [0.25, 0.3) is 0 Å². The second-order valence-electron chi connectivity index (χ2n) is 6.79. The summed E-state index contributed by atoms with van der Waals surface area (Å²) in [6.07, 6.45) is 3.43. The van der Waals surface area contributed by atoms with Crippen molar-refractivity contribution in [2.45, 2.75) is 13.2 Å². The molecule has 0 spiro atoms. The summed E-state index contributed by atoms with van der Waals surface area (Å²) in [5, 5.41) is 4.77. The first-order valence-corrected chi connectivity index (χ1v) is 9.61. The first-order chi connectivity index (χ1) is 14.1. The van der Waals surface area contributed by atoms with E-state index >= 15 is 0 Å². The average molecular weight is 406 g/mol. The van der Waals surface area contributed by atoms with Gasteiger partial charge in [-0.05, 0) is 61.2 Å². The van der Waals surface area contributed by atoms with Gasteiger partial charge in [0, 0.05) is 24.5 Å². The summed E-state index contributed by atoms with van der Waals surface area (Å²) in [6, 6.07) is 20.3. The van der Waals surface area contributed by atoms with Crippen molar-refractivity contribution < 1.29 is 4.39 Å². The fourth-order valence-corrected chi connectivity index (χ4v) is 3.47. The van der Waals surface area contributed by atoms with Gasteiger partial charge >= 0.3 is 0 Å². The minimum Gasteiger partial charge on any atom is -0.283 e. The van der Waals surface area contributed by atoms with Gasteiger partial charge in [-0.2, -0.15) is 0 Å². The molecule has 2 heterocycles. The Morgan fingerprint density at radius 3 is 2.34 bits per heavy atom. The monoisotopic (exact) mass is 405 g/mol. The van der Waals surface area contributed by atoms with E-state index in [1.54, 1.807) is 29.2 Å². The summed E-state index contributed by atoms with van der Waals surface area (Å²) >= 11 is 5.74. The molecule has 146 valence electrons. The Morgan fingerprint density at radius 2 is 1.66 bits per heavy atom. The van der Waals surface area contributed by atoms with Crippen molar-refractivity contribution in [1.29, 1.82) is 0 Å². The van der Waals surface area contributed by atoms with Crippen molar-refractivity contribution in [3.8, 4) is 17.1 Å². The Morgan fingerprint density at radius 1 is 0.966 bits per heavy atom. The van der Waals surface area contributed by atoms with Crippen molar-refractivity contribution in [1.82, 2.24) is 24.2 Å². The second kappa shape index (κ2) is 8.46. The predicted octanol–water partition coefficient (Wildman–Crippen LogP) is 4.69. The summed E-state index contributed by atoms with van der Waals surface area (Å²) in [4.78, 5) is 6.22. The zero-order valence-electron chi connectivity index (χ0n) is 15.9. The van der Waals surface area contributed by atoms with Gasteiger partial charge in [0.15, 0.2) is 5.82 Å². The second-order valence-corrected chi connectivity index (χ2v) is 7.16. The molecule has 0 atom stereocenters. The first-order valence-electron chi connectivity index (χ1n) is 9.20. The molecule has 0 aliphatic heterocycles. The van der Waals surface area contributed by atoms with Crippen molar-refractivity contribution in [3.05, 3.63) is 95.3 Å². The number of halogens is 1. The lowest BCUT2D eigenvalue weighted by molar-refractivity contribution is 0.244. The fourth-order valence-electron chi connectivity index (χ4n) is 3.18. The lowest BCUT2D eigenvalue weighted by Gasteiger charge is -2.16. The van der Waals surface area contributed by atoms with Gasteiger partial charge in [-0.3, -0.25) is 14.5 Å². The molecule has 0 saturated carbocycles. The maximum atomic E-state index is 13.4. The average Bonchev–Trinajstić information content (AvgIpc) is 3.06. The third kappa shape index (κ3) is 4.31. The topological polar surface area (TPSA) is 38.9 Å². The third-order valence-electron chi connectivity index (χ3n) is 4.53. The summed E-state index contributed by atoms with van der Waals surface area (Å²) < 4.78 is 17.6. The van der Waals surface area contributed by atoms with Crippen LogP contribution in [0, 0.1) is 10.6 Å². The Labute approximate surface area is 173 Å². The predicted molar refractivity (Wildman–Crippen MR) is 113 cm³/mol. The molecule has 0 saturated heterocycles. The highest BCUT2D eigenvalue weighted by Gasteiger charge is 2.15. The van der Waals surface area contributed by atoms with Crippen LogP contribution in [0.25, 0.3) is 17.1 Å². The number of hydrogen-bond donors (Lipinski definition) is 0. The summed E-state index contributed by atoms with van der Waals surface area (Å²) in [5.41, 5.74) is 2.87. The van der Waals surface area contributed by atoms with Crippen LogP contribution < -0.4 is 0 Å². The number of benzene rings is 2. The lowest BCUT2D eigenvalue weighted by atomic mass is 10.2. The smallest absolute Gasteiger partial charge is 0.204 e. The first kappa shape index (κ1) is 19.2. The van der Waals surface area contributed by atoms with Gasteiger partial charge in [0.2, 0.25) is 4.77 Å². The molecule has 0 amide bonds. The molecule has 0 aliphatic rings. The Balaban J connectivity index is 1.72. The van der Waals surface area contributed by atoms with Crippen LogP contribution in [0.2, 0.25) is 0 Å². The molecule has 4 rings (SSSR count). The van der Waals surface area contributed by atoms with Crippen LogP contribution in [0.4, 0.5) is 4.39 Å². The van der Waals surface area contributed by atoms with Gasteiger partial charge in [0.1, 0.15) is 5.82 Å². The van der Waals surface area contributed by atoms with E-state index in [1.807, 2.05) is 41.9 Å². The van der Waals surface area contributed by atoms with Crippen molar-refractivity contribution in [3.63, 3.8) is 0 Å². The van der Waals surface area contributed by atoms with E-state index in [0.29, 0.717) is 17.3 Å². The highest BCUT2D eigenvalue weighted by atomic mass is 32.1. The minimum atomic E-state index is -0.291. The van der Waals surface area contributed by atoms with E-state index in [0.717, 1.165) is 17.8 Å². The van der Waals surface area contributed by atoms with E-state index in [-0.39, 0.29) is 5.82 Å². The van der Waals surface area contributed by atoms with Crippen molar-refractivity contribution >= 4 is 12.2 Å². The van der Waals surface area contributed by atoms with E-state index in [4.69, 9.17) is 17.3 Å². The zero-order chi connectivity index (χ0) is 20.2. The number of pyridine rings is 1. The maximum Gasteiger partial charge on any atom is 0.204 e. The summed E-state index contributed by atoms with van der Waals surface area (Å²) in [7, 11) is 2.03. The largest absolute Gasteiger partial charge is 0.283 e. The quantitative estimate of drug-likeness (QED) is 0.436. The molecule has 0 unspecified atom stereocenters. The normalized spacial score (nSPS) is 11.1. The molecule has 0 radical (unpaired) electrons. The number of nitrogens with zero attached hydrogens (tertiary/aromatic N) is 5. The van der Waals surface area contributed by atoms with Gasteiger partial charge in [-0.1, -0.05) is 30.3 Å². The molecule has 0 aliphatic carbocycles. The molecule has 0 bridgehead atoms. The summed E-state index contributed by atoms with van der Waals surface area (Å²) in [6.45, 7) is 1.30. The number of aromatic nitrogens is 4. The molecule has 4 aromatic rings. The number of hydrogen-bond acceptors (Lipinski definition) is 4. The standard InChI is InChI=1S/C22H20FN5S/c1-26(15-17-5-3-2-4-6-17)16-27-22(29)28(20-9-7-19(23)8-10-20)21(25-27)18-11-13-24-14-12-18/h2-14H,15-16H2,1H3. The van der Waals surface area contributed by atoms with E-state index < -0.39 is 0 Å². The molecule has 2 aromatic heterocycles. The van der Waals surface area contributed by atoms with Crippen LogP contribution in [-0.4, -0.2) is 31.3 Å². The third-order valence-corrected chi connectivity index (χ3v) is 4.93. The molecular formula is C22H20FN5S. The molecule has 5 nitrogen and oxygen atoms in total. The van der Waals surface area contributed by atoms with Crippen LogP contribution >= 0.6 is 12.2 Å². The highest BCUT2D eigenvalue weighted by Crippen LogP contribution is 2.22. The van der Waals surface area contributed by atoms with Gasteiger partial charge in [-0.25, -0.2) is 9.07 Å². The van der Waals surface area contributed by atoms with Crippen LogP contribution in [0.1, 0.15) is 5.56 Å². The van der Waals surface area contributed by atoms with E-state index in [9.17, 15) is 4.39 Å². The zero-order valence-corrected chi connectivity index (χ0v) is 16.8. The number of rotatable bonds is 6. The van der Waals surface area contributed by atoms with Gasteiger partial charge in [0.05, 0.1) is 12.4 Å². The molecular weight excluding hydrogens is 385 g/mol. The SMILES string of the molecule is CN(Cc1ccccc1)Cn1nc(-c2ccncc2)n(-c2ccc(F)cc2)c1=S. The molecule has 0 N–H and O–H groups in total. The van der Waals surface area contributed by atoms with Crippen molar-refractivity contribution in [2.24, 2.45) is 0 Å². The lowest BCUT2D eigenvalue weighted by Crippen LogP contribution is -2.22. The maximum absolute atomic E-state index is 13.4. The highest BCUT2D eigenvalue weighted by molar-refractivity contribution is 7.71. The molecule has 29 heavy (non-hydrogen) atoms. The van der Waals surface area contributed by atoms with Crippen LogP contribution in [0.5, 0.6) is 0 Å². The molecule has 0 fully saturated rings. The van der Waals surface area contributed by atoms with Gasteiger partial charge < -0.3 is 0 Å². The van der Waals surface area contributed by atoms with Crippen LogP contribution in [0.15, 0.2) is 79.1 Å². The fraction of sp³-hybridized carbons (Fsp3) is 0.136.